The summed E-state index contributed by atoms with van der Waals surface area (Å²) in [6.45, 7) is 6.00. The predicted molar refractivity (Wildman–Crippen MR) is 91.0 cm³/mol. The molecule has 1 aliphatic heterocycles. The molecular formula is C19H26N2O2. The topological polar surface area (TPSA) is 49.4 Å². The second-order valence-electron chi connectivity index (χ2n) is 7.02. The average molecular weight is 314 g/mol. The highest BCUT2D eigenvalue weighted by atomic mass is 16.2. The second kappa shape index (κ2) is 6.73. The lowest BCUT2D eigenvalue weighted by molar-refractivity contribution is -0.135. The molecule has 4 nitrogen and oxygen atoms in total. The van der Waals surface area contributed by atoms with E-state index in [1.54, 1.807) is 0 Å². The molecule has 4 heteroatoms. The van der Waals surface area contributed by atoms with E-state index in [-0.39, 0.29) is 23.7 Å². The Labute approximate surface area is 138 Å². The van der Waals surface area contributed by atoms with Crippen LogP contribution in [0.1, 0.15) is 38.7 Å². The summed E-state index contributed by atoms with van der Waals surface area (Å²) in [5.41, 5.74) is 2.07. The van der Waals surface area contributed by atoms with E-state index in [4.69, 9.17) is 0 Å². The van der Waals surface area contributed by atoms with Gasteiger partial charge < -0.3 is 10.2 Å². The van der Waals surface area contributed by atoms with Crippen LogP contribution in [0.4, 0.5) is 5.69 Å². The highest BCUT2D eigenvalue weighted by Gasteiger charge is 2.49. The Kier molecular flexibility index (Phi) is 4.69. The van der Waals surface area contributed by atoms with Gasteiger partial charge >= 0.3 is 0 Å². The third-order valence-electron chi connectivity index (χ3n) is 5.04. The van der Waals surface area contributed by atoms with Crippen LogP contribution in [-0.2, 0) is 16.0 Å². The number of amides is 2. The molecule has 3 rings (SSSR count). The number of likely N-dealkylation sites (tertiary alicyclic amines) is 1. The molecule has 1 N–H and O–H groups in total. The Morgan fingerprint density at radius 2 is 1.96 bits per heavy atom. The van der Waals surface area contributed by atoms with E-state index in [2.05, 4.69) is 19.2 Å². The molecule has 3 unspecified atom stereocenters. The van der Waals surface area contributed by atoms with Gasteiger partial charge in [0.2, 0.25) is 11.8 Å². The second-order valence-corrected chi connectivity index (χ2v) is 7.02. The summed E-state index contributed by atoms with van der Waals surface area (Å²) in [4.78, 5) is 26.8. The van der Waals surface area contributed by atoms with Crippen LogP contribution < -0.4 is 5.32 Å². The first-order valence-corrected chi connectivity index (χ1v) is 8.77. The maximum atomic E-state index is 12.5. The molecular weight excluding hydrogens is 288 g/mol. The number of benzene rings is 1. The van der Waals surface area contributed by atoms with Gasteiger partial charge in [-0.2, -0.15) is 0 Å². The zero-order valence-electron chi connectivity index (χ0n) is 14.0. The molecule has 1 heterocycles. The zero-order chi connectivity index (χ0) is 16.4. The first-order chi connectivity index (χ1) is 11.1. The number of nitrogens with one attached hydrogen (secondary N) is 1. The maximum Gasteiger partial charge on any atom is 0.228 e. The zero-order valence-corrected chi connectivity index (χ0v) is 14.0. The summed E-state index contributed by atoms with van der Waals surface area (Å²) < 4.78 is 0. The van der Waals surface area contributed by atoms with Crippen molar-refractivity contribution >= 4 is 17.5 Å². The fourth-order valence-electron chi connectivity index (χ4n) is 3.44. The minimum Gasteiger partial charge on any atom is -0.342 e. The lowest BCUT2D eigenvalue weighted by Gasteiger charge is -2.31. The van der Waals surface area contributed by atoms with Crippen LogP contribution >= 0.6 is 0 Å². The Morgan fingerprint density at radius 3 is 2.61 bits per heavy atom. The maximum absolute atomic E-state index is 12.5. The summed E-state index contributed by atoms with van der Waals surface area (Å²) in [7, 11) is 0. The van der Waals surface area contributed by atoms with Crippen molar-refractivity contribution < 1.29 is 9.59 Å². The Balaban J connectivity index is 1.52. The molecule has 0 spiro atoms. The van der Waals surface area contributed by atoms with Gasteiger partial charge in [0.25, 0.3) is 0 Å². The van der Waals surface area contributed by atoms with Crippen molar-refractivity contribution in [3.8, 4) is 0 Å². The number of carbonyl (C=O) groups excluding carboxylic acids is 2. The van der Waals surface area contributed by atoms with Gasteiger partial charge in [-0.05, 0) is 49.3 Å². The molecule has 1 aliphatic carbocycles. The molecule has 1 saturated heterocycles. The Bertz CT molecular complexity index is 582. The number of hydrogen-bond acceptors (Lipinski definition) is 2. The minimum absolute atomic E-state index is 0.0161. The number of nitrogens with zero attached hydrogens (tertiary/aromatic N) is 1. The van der Waals surface area contributed by atoms with Crippen LogP contribution in [0.25, 0.3) is 0 Å². The molecule has 23 heavy (non-hydrogen) atoms. The van der Waals surface area contributed by atoms with Crippen LogP contribution in [-0.4, -0.2) is 29.8 Å². The molecule has 1 aromatic carbocycles. The summed E-state index contributed by atoms with van der Waals surface area (Å²) in [5.74, 6) is 0.493. The van der Waals surface area contributed by atoms with Crippen molar-refractivity contribution in [1.82, 2.24) is 4.90 Å². The monoisotopic (exact) mass is 314 g/mol. The number of aryl methyl sites for hydroxylation is 1. The largest absolute Gasteiger partial charge is 0.342 e. The summed E-state index contributed by atoms with van der Waals surface area (Å²) in [6.07, 6.45) is 3.97. The number of rotatable bonds is 4. The van der Waals surface area contributed by atoms with Crippen molar-refractivity contribution in [3.05, 3.63) is 29.8 Å². The van der Waals surface area contributed by atoms with Crippen molar-refractivity contribution in [2.45, 2.75) is 39.5 Å². The van der Waals surface area contributed by atoms with E-state index in [0.29, 0.717) is 12.3 Å². The molecule has 1 aromatic rings. The van der Waals surface area contributed by atoms with Crippen molar-refractivity contribution in [2.24, 2.45) is 17.8 Å². The fourth-order valence-corrected chi connectivity index (χ4v) is 3.44. The van der Waals surface area contributed by atoms with Gasteiger partial charge in [0.05, 0.1) is 11.8 Å². The molecule has 0 radical (unpaired) electrons. The van der Waals surface area contributed by atoms with Crippen molar-refractivity contribution in [1.29, 1.82) is 0 Å². The Morgan fingerprint density at radius 1 is 1.22 bits per heavy atom. The van der Waals surface area contributed by atoms with Crippen LogP contribution in [0.15, 0.2) is 24.3 Å². The SMILES string of the molecule is CCc1ccc(NC(=O)C2CC2C(=O)N2CCCC(C)C2)cc1. The fraction of sp³-hybridized carbons (Fsp3) is 0.579. The quantitative estimate of drug-likeness (QED) is 0.928. The number of anilines is 1. The summed E-state index contributed by atoms with van der Waals surface area (Å²) >= 11 is 0. The molecule has 2 amide bonds. The van der Waals surface area contributed by atoms with Gasteiger partial charge in [0.15, 0.2) is 0 Å². The first-order valence-electron chi connectivity index (χ1n) is 8.77. The van der Waals surface area contributed by atoms with Crippen molar-refractivity contribution in [2.75, 3.05) is 18.4 Å². The molecule has 2 aliphatic rings. The molecule has 0 bridgehead atoms. The van der Waals surface area contributed by atoms with E-state index in [9.17, 15) is 9.59 Å². The van der Waals surface area contributed by atoms with Gasteiger partial charge in [-0.15, -0.1) is 0 Å². The highest BCUT2D eigenvalue weighted by molar-refractivity contribution is 5.99. The average Bonchev–Trinajstić information content (AvgIpc) is 3.35. The summed E-state index contributed by atoms with van der Waals surface area (Å²) in [6, 6.07) is 7.92. The molecule has 3 atom stereocenters. The van der Waals surface area contributed by atoms with Crippen LogP contribution in [0, 0.1) is 17.8 Å². The van der Waals surface area contributed by atoms with Gasteiger partial charge in [0.1, 0.15) is 0 Å². The lowest BCUT2D eigenvalue weighted by atomic mass is 10.00. The highest BCUT2D eigenvalue weighted by Crippen LogP contribution is 2.41. The molecule has 124 valence electrons. The summed E-state index contributed by atoms with van der Waals surface area (Å²) in [5, 5.41) is 2.94. The van der Waals surface area contributed by atoms with Crippen LogP contribution in [0.2, 0.25) is 0 Å². The number of carbonyl (C=O) groups is 2. The van der Waals surface area contributed by atoms with E-state index in [1.165, 1.54) is 12.0 Å². The smallest absolute Gasteiger partial charge is 0.228 e. The molecule has 2 fully saturated rings. The molecule has 1 saturated carbocycles. The third kappa shape index (κ3) is 3.74. The van der Waals surface area contributed by atoms with E-state index < -0.39 is 0 Å². The minimum atomic E-state index is -0.148. The van der Waals surface area contributed by atoms with Gasteiger partial charge in [-0.1, -0.05) is 26.0 Å². The van der Waals surface area contributed by atoms with E-state index in [0.717, 1.165) is 31.6 Å². The van der Waals surface area contributed by atoms with Crippen LogP contribution in [0.3, 0.4) is 0 Å². The molecule has 0 aromatic heterocycles. The number of piperidine rings is 1. The Hall–Kier alpha value is -1.84. The number of hydrogen-bond donors (Lipinski definition) is 1. The lowest BCUT2D eigenvalue weighted by Crippen LogP contribution is -2.40. The van der Waals surface area contributed by atoms with Gasteiger partial charge in [-0.25, -0.2) is 0 Å². The van der Waals surface area contributed by atoms with Crippen molar-refractivity contribution in [3.63, 3.8) is 0 Å². The first kappa shape index (κ1) is 16.0. The van der Waals surface area contributed by atoms with Crippen LogP contribution in [0.5, 0.6) is 0 Å². The third-order valence-corrected chi connectivity index (χ3v) is 5.04. The predicted octanol–water partition coefficient (Wildman–Crippen LogP) is 3.08. The van der Waals surface area contributed by atoms with Gasteiger partial charge in [-0.3, -0.25) is 9.59 Å². The van der Waals surface area contributed by atoms with E-state index >= 15 is 0 Å². The standard InChI is InChI=1S/C19H26N2O2/c1-3-14-6-8-15(9-7-14)20-18(22)16-11-17(16)19(23)21-10-4-5-13(2)12-21/h6-9,13,16-17H,3-5,10-12H2,1-2H3,(H,20,22). The van der Waals surface area contributed by atoms with Gasteiger partial charge in [0, 0.05) is 18.8 Å². The normalized spacial score (nSPS) is 26.7. The van der Waals surface area contributed by atoms with E-state index in [1.807, 2.05) is 29.2 Å².